The topological polar surface area (TPSA) is 49.6 Å². The molecule has 2 aromatic carbocycles. The minimum absolute atomic E-state index is 0.278. The number of rotatable bonds is 4. The largest absolute Gasteiger partial charge is 0.369 e. The molecule has 4 nitrogen and oxygen atoms in total. The molecule has 1 amide bonds. The Morgan fingerprint density at radius 1 is 0.864 bits per heavy atom. The Bertz CT molecular complexity index is 607. The number of hydrogen-bond acceptors (Lipinski definition) is 3. The molecule has 0 saturated carbocycles. The van der Waals surface area contributed by atoms with Crippen LogP contribution in [-0.2, 0) is 4.79 Å². The van der Waals surface area contributed by atoms with E-state index < -0.39 is 0 Å². The molecule has 3 rings (SSSR count). The molecule has 22 heavy (non-hydrogen) atoms. The SMILES string of the molecule is NC(=O)[C@@H](c1ccccc1)N1CCN(c2ccccc2)CC1. The van der Waals surface area contributed by atoms with Crippen molar-refractivity contribution >= 4 is 11.6 Å². The fourth-order valence-electron chi connectivity index (χ4n) is 3.07. The summed E-state index contributed by atoms with van der Waals surface area (Å²) in [4.78, 5) is 16.4. The highest BCUT2D eigenvalue weighted by Crippen LogP contribution is 2.23. The first-order chi connectivity index (χ1) is 10.8. The van der Waals surface area contributed by atoms with Crippen LogP contribution in [0.2, 0.25) is 0 Å². The van der Waals surface area contributed by atoms with Gasteiger partial charge in [-0.3, -0.25) is 9.69 Å². The van der Waals surface area contributed by atoms with Crippen LogP contribution in [0.5, 0.6) is 0 Å². The number of carbonyl (C=O) groups excluding carboxylic acids is 1. The molecule has 2 aromatic rings. The summed E-state index contributed by atoms with van der Waals surface area (Å²) in [6.45, 7) is 3.47. The summed E-state index contributed by atoms with van der Waals surface area (Å²) in [6.07, 6.45) is 0. The number of amides is 1. The Labute approximate surface area is 131 Å². The summed E-state index contributed by atoms with van der Waals surface area (Å²) in [7, 11) is 0. The van der Waals surface area contributed by atoms with Crippen molar-refractivity contribution in [1.82, 2.24) is 4.90 Å². The lowest BCUT2D eigenvalue weighted by molar-refractivity contribution is -0.123. The van der Waals surface area contributed by atoms with E-state index in [1.165, 1.54) is 5.69 Å². The lowest BCUT2D eigenvalue weighted by Gasteiger charge is -2.39. The van der Waals surface area contributed by atoms with Crippen LogP contribution in [0.3, 0.4) is 0 Å². The molecule has 1 atom stereocenters. The maximum atomic E-state index is 11.9. The molecule has 0 aromatic heterocycles. The van der Waals surface area contributed by atoms with E-state index in [4.69, 9.17) is 5.73 Å². The molecule has 0 bridgehead atoms. The van der Waals surface area contributed by atoms with Crippen LogP contribution in [0.4, 0.5) is 5.69 Å². The van der Waals surface area contributed by atoms with Crippen LogP contribution in [0, 0.1) is 0 Å². The number of nitrogens with two attached hydrogens (primary N) is 1. The Balaban J connectivity index is 1.70. The van der Waals surface area contributed by atoms with E-state index in [9.17, 15) is 4.79 Å². The van der Waals surface area contributed by atoms with Gasteiger partial charge in [0.05, 0.1) is 0 Å². The third-order valence-corrected chi connectivity index (χ3v) is 4.19. The van der Waals surface area contributed by atoms with Gasteiger partial charge < -0.3 is 10.6 Å². The van der Waals surface area contributed by atoms with Crippen molar-refractivity contribution < 1.29 is 4.79 Å². The van der Waals surface area contributed by atoms with Gasteiger partial charge >= 0.3 is 0 Å². The highest BCUT2D eigenvalue weighted by molar-refractivity contribution is 5.81. The third-order valence-electron chi connectivity index (χ3n) is 4.19. The maximum absolute atomic E-state index is 11.9. The molecule has 2 N–H and O–H groups in total. The second-order valence-electron chi connectivity index (χ2n) is 5.57. The first kappa shape index (κ1) is 14.6. The molecule has 0 unspecified atom stereocenters. The van der Waals surface area contributed by atoms with Gasteiger partial charge in [0, 0.05) is 31.9 Å². The minimum Gasteiger partial charge on any atom is -0.369 e. The summed E-state index contributed by atoms with van der Waals surface area (Å²) in [5.74, 6) is -0.278. The van der Waals surface area contributed by atoms with Crippen molar-refractivity contribution in [3.63, 3.8) is 0 Å². The molecule has 0 aliphatic carbocycles. The van der Waals surface area contributed by atoms with Crippen LogP contribution in [0.25, 0.3) is 0 Å². The smallest absolute Gasteiger partial charge is 0.239 e. The number of primary amides is 1. The fraction of sp³-hybridized carbons (Fsp3) is 0.278. The minimum atomic E-state index is -0.334. The molecule has 4 heteroatoms. The molecule has 0 spiro atoms. The monoisotopic (exact) mass is 295 g/mol. The number of carbonyl (C=O) groups is 1. The molecule has 114 valence electrons. The van der Waals surface area contributed by atoms with Gasteiger partial charge in [-0.2, -0.15) is 0 Å². The van der Waals surface area contributed by atoms with Gasteiger partial charge in [-0.15, -0.1) is 0 Å². The van der Waals surface area contributed by atoms with Gasteiger partial charge in [-0.25, -0.2) is 0 Å². The zero-order chi connectivity index (χ0) is 15.4. The first-order valence-corrected chi connectivity index (χ1v) is 7.64. The van der Waals surface area contributed by atoms with E-state index in [2.05, 4.69) is 34.1 Å². The number of para-hydroxylation sites is 1. The lowest BCUT2D eigenvalue weighted by Crippen LogP contribution is -2.50. The van der Waals surface area contributed by atoms with Gasteiger partial charge in [-0.05, 0) is 17.7 Å². The average molecular weight is 295 g/mol. The standard InChI is InChI=1S/C18H21N3O/c19-18(22)17(15-7-3-1-4-8-15)21-13-11-20(12-14-21)16-9-5-2-6-10-16/h1-10,17H,11-14H2,(H2,19,22)/t17-/m1/s1. The van der Waals surface area contributed by atoms with Crippen LogP contribution < -0.4 is 10.6 Å². The zero-order valence-corrected chi connectivity index (χ0v) is 12.6. The zero-order valence-electron chi connectivity index (χ0n) is 12.6. The van der Waals surface area contributed by atoms with Crippen molar-refractivity contribution in [2.45, 2.75) is 6.04 Å². The number of nitrogens with zero attached hydrogens (tertiary/aromatic N) is 2. The van der Waals surface area contributed by atoms with Crippen molar-refractivity contribution in [3.05, 3.63) is 66.2 Å². The first-order valence-electron chi connectivity index (χ1n) is 7.64. The van der Waals surface area contributed by atoms with E-state index in [0.717, 1.165) is 31.7 Å². The number of hydrogen-bond donors (Lipinski definition) is 1. The van der Waals surface area contributed by atoms with Crippen molar-refractivity contribution in [1.29, 1.82) is 0 Å². The van der Waals surface area contributed by atoms with Gasteiger partial charge in [0.2, 0.25) is 5.91 Å². The molecule has 1 heterocycles. The fourth-order valence-corrected chi connectivity index (χ4v) is 3.07. The normalized spacial score (nSPS) is 17.2. The van der Waals surface area contributed by atoms with Crippen LogP contribution in [0.1, 0.15) is 11.6 Å². The van der Waals surface area contributed by atoms with E-state index >= 15 is 0 Å². The molecule has 0 radical (unpaired) electrons. The number of benzene rings is 2. The molecular formula is C18H21N3O. The second kappa shape index (κ2) is 6.62. The van der Waals surface area contributed by atoms with Gasteiger partial charge in [0.1, 0.15) is 6.04 Å². The van der Waals surface area contributed by atoms with Crippen LogP contribution in [-0.4, -0.2) is 37.0 Å². The summed E-state index contributed by atoms with van der Waals surface area (Å²) in [6, 6.07) is 19.8. The van der Waals surface area contributed by atoms with Gasteiger partial charge in [-0.1, -0.05) is 48.5 Å². The molecule has 1 aliphatic heterocycles. The second-order valence-corrected chi connectivity index (χ2v) is 5.57. The summed E-state index contributed by atoms with van der Waals surface area (Å²) >= 11 is 0. The van der Waals surface area contributed by atoms with Crippen LogP contribution in [0.15, 0.2) is 60.7 Å². The van der Waals surface area contributed by atoms with Crippen LogP contribution >= 0.6 is 0 Å². The third kappa shape index (κ3) is 3.12. The lowest BCUT2D eigenvalue weighted by atomic mass is 10.0. The Kier molecular flexibility index (Phi) is 4.39. The Hall–Kier alpha value is -2.33. The molecule has 1 aliphatic rings. The average Bonchev–Trinajstić information content (AvgIpc) is 2.57. The molecule has 1 saturated heterocycles. The highest BCUT2D eigenvalue weighted by Gasteiger charge is 2.28. The van der Waals surface area contributed by atoms with E-state index in [1.807, 2.05) is 36.4 Å². The summed E-state index contributed by atoms with van der Waals surface area (Å²) in [5.41, 5.74) is 7.86. The Morgan fingerprint density at radius 3 is 1.95 bits per heavy atom. The predicted molar refractivity (Wildman–Crippen MR) is 88.6 cm³/mol. The maximum Gasteiger partial charge on any atom is 0.239 e. The van der Waals surface area contributed by atoms with Crippen molar-refractivity contribution in [3.8, 4) is 0 Å². The highest BCUT2D eigenvalue weighted by atomic mass is 16.1. The van der Waals surface area contributed by atoms with Crippen molar-refractivity contribution in [2.24, 2.45) is 5.73 Å². The van der Waals surface area contributed by atoms with Crippen molar-refractivity contribution in [2.75, 3.05) is 31.1 Å². The molecule has 1 fully saturated rings. The Morgan fingerprint density at radius 2 is 1.41 bits per heavy atom. The number of anilines is 1. The van der Waals surface area contributed by atoms with E-state index in [-0.39, 0.29) is 11.9 Å². The summed E-state index contributed by atoms with van der Waals surface area (Å²) in [5, 5.41) is 0. The molecular weight excluding hydrogens is 274 g/mol. The predicted octanol–water partition coefficient (Wildman–Crippen LogP) is 2.04. The number of piperazine rings is 1. The van der Waals surface area contributed by atoms with E-state index in [0.29, 0.717) is 0 Å². The van der Waals surface area contributed by atoms with E-state index in [1.54, 1.807) is 0 Å². The summed E-state index contributed by atoms with van der Waals surface area (Å²) < 4.78 is 0. The van der Waals surface area contributed by atoms with Gasteiger partial charge in [0.25, 0.3) is 0 Å². The quantitative estimate of drug-likeness (QED) is 0.939. The van der Waals surface area contributed by atoms with Gasteiger partial charge in [0.15, 0.2) is 0 Å².